The van der Waals surface area contributed by atoms with Gasteiger partial charge in [-0.2, -0.15) is 0 Å². The lowest BCUT2D eigenvalue weighted by atomic mass is 9.93. The van der Waals surface area contributed by atoms with Crippen LogP contribution in [0.1, 0.15) is 20.8 Å². The van der Waals surface area contributed by atoms with Crippen LogP contribution in [-0.4, -0.2) is 324 Å². The minimum atomic E-state index is -2.23. The van der Waals surface area contributed by atoms with E-state index in [0.29, 0.717) is 0 Å². The Labute approximate surface area is 426 Å². The molecular formula is C42H73N3O30. The normalized spacial score (nSPS) is 48.7. The Hall–Kier alpha value is -2.22. The lowest BCUT2D eigenvalue weighted by Crippen LogP contribution is -2.70. The molecule has 6 aliphatic rings. The third-order valence-electron chi connectivity index (χ3n) is 13.5. The lowest BCUT2D eigenvalue weighted by molar-refractivity contribution is -0.384. The third kappa shape index (κ3) is 14.0. The van der Waals surface area contributed by atoms with Crippen molar-refractivity contribution in [3.8, 4) is 0 Å². The molecule has 12 unspecified atom stereocenters. The summed E-state index contributed by atoms with van der Waals surface area (Å²) in [5, 5.41) is 177. The summed E-state index contributed by atoms with van der Waals surface area (Å²) in [5.74, 6) is -1.51. The van der Waals surface area contributed by atoms with E-state index >= 15 is 0 Å². The Balaban J connectivity index is 1.28. The van der Waals surface area contributed by atoms with Gasteiger partial charge >= 0.3 is 0 Å². The van der Waals surface area contributed by atoms with Crippen LogP contribution in [0, 0.1) is 0 Å². The second-order valence-electron chi connectivity index (χ2n) is 18.9. The average molecular weight is 1100 g/mol. The van der Waals surface area contributed by atoms with Gasteiger partial charge in [-0.25, -0.2) is 0 Å². The maximum Gasteiger partial charge on any atom is 0.217 e. The number of rotatable bonds is 20. The molecule has 436 valence electrons. The molecule has 0 aliphatic carbocycles. The first-order valence-corrected chi connectivity index (χ1v) is 24.1. The molecule has 6 fully saturated rings. The first kappa shape index (κ1) is 62.0. The number of carbonyl (C=O) groups is 2. The van der Waals surface area contributed by atoms with Crippen LogP contribution in [-0.2, 0) is 66.4 Å². The van der Waals surface area contributed by atoms with E-state index < -0.39 is 229 Å². The van der Waals surface area contributed by atoms with Crippen LogP contribution in [0.15, 0.2) is 0 Å². The maximum atomic E-state index is 12.8. The Morgan fingerprint density at radius 1 is 0.413 bits per heavy atom. The predicted molar refractivity (Wildman–Crippen MR) is 234 cm³/mol. The second-order valence-corrected chi connectivity index (χ2v) is 18.9. The topological polar surface area (TPSA) is 519 Å². The molecule has 0 saturated carbocycles. The lowest BCUT2D eigenvalue weighted by Gasteiger charge is -2.50. The van der Waals surface area contributed by atoms with E-state index in [9.17, 15) is 91.3 Å². The van der Waals surface area contributed by atoms with Crippen molar-refractivity contribution in [2.45, 2.75) is 205 Å². The molecule has 0 aromatic rings. The molecule has 2 amide bonds. The van der Waals surface area contributed by atoms with Crippen LogP contribution >= 0.6 is 0 Å². The van der Waals surface area contributed by atoms with E-state index in [1.807, 2.05) is 0 Å². The van der Waals surface area contributed by atoms with Crippen molar-refractivity contribution in [1.82, 2.24) is 10.6 Å². The van der Waals surface area contributed by atoms with Crippen molar-refractivity contribution in [2.75, 3.05) is 46.2 Å². The van der Waals surface area contributed by atoms with Crippen molar-refractivity contribution in [2.24, 2.45) is 5.73 Å². The fourth-order valence-electron chi connectivity index (χ4n) is 9.37. The molecule has 6 aliphatic heterocycles. The van der Waals surface area contributed by atoms with Gasteiger partial charge in [0.05, 0.1) is 45.7 Å². The molecule has 0 aromatic carbocycles. The Morgan fingerprint density at radius 3 is 1.35 bits per heavy atom. The zero-order valence-corrected chi connectivity index (χ0v) is 40.7. The highest BCUT2D eigenvalue weighted by Crippen LogP contribution is 2.36. The van der Waals surface area contributed by atoms with Gasteiger partial charge in [0.2, 0.25) is 11.8 Å². The van der Waals surface area contributed by atoms with E-state index in [1.54, 1.807) is 0 Å². The van der Waals surface area contributed by atoms with Gasteiger partial charge in [0.1, 0.15) is 140 Å². The molecule has 0 radical (unpaired) electrons. The van der Waals surface area contributed by atoms with Gasteiger partial charge in [0.15, 0.2) is 37.7 Å². The second kappa shape index (κ2) is 27.3. The van der Waals surface area contributed by atoms with Crippen LogP contribution in [0.3, 0.4) is 0 Å². The van der Waals surface area contributed by atoms with Crippen molar-refractivity contribution < 1.29 is 148 Å². The number of hydrogen-bond donors (Lipinski definition) is 19. The molecule has 30 atom stereocenters. The van der Waals surface area contributed by atoms with Crippen LogP contribution in [0.5, 0.6) is 0 Å². The Bertz CT molecular complexity index is 1780. The molecular weight excluding hydrogens is 1030 g/mol. The zero-order chi connectivity index (χ0) is 55.3. The summed E-state index contributed by atoms with van der Waals surface area (Å²) in [6.45, 7) is -1.03. The summed E-state index contributed by atoms with van der Waals surface area (Å²) >= 11 is 0. The molecule has 33 nitrogen and oxygen atoms in total. The van der Waals surface area contributed by atoms with E-state index in [2.05, 4.69) is 10.6 Å². The summed E-state index contributed by atoms with van der Waals surface area (Å²) in [4.78, 5) is 25.2. The SMILES string of the molecule is CC(=O)NC1[C@H](OCCN)OC(CO[C@@H]2O[C@@H](C)[C@@H](O)C(O)C2O)[C@@H](O[C@@H]2OC(CO)[C@@H](O[C@@H]3OC(CO[C@H]4OC(CO)[C@@H](O)[C@H](O)C4O)[C@@H](O)[C@H](O[C@H]4O[C@@H](CO)[C@@H](O)C(O)C4O)C3O)[C@H](O)C2NC(C)=O)[C@@H]1O. The molecule has 6 rings (SSSR count). The van der Waals surface area contributed by atoms with E-state index in [0.717, 1.165) is 13.8 Å². The smallest absolute Gasteiger partial charge is 0.217 e. The van der Waals surface area contributed by atoms with Crippen LogP contribution in [0.2, 0.25) is 0 Å². The van der Waals surface area contributed by atoms with Gasteiger partial charge in [0, 0.05) is 20.4 Å². The first-order chi connectivity index (χ1) is 35.5. The standard InChI is InChI=1S/C42H73N3O30/c1-11-21(51)27(57)30(60)39(67-11)66-10-18-35(25(55)19(44-12(2)49)37(72-18)64-5-4-43)73-38-20(45-13(3)50)26(56)34(16(8-48)70-38)74-42-33(63)36(75-41-32(62)29(59)23(53)15(7-47)69-41)24(54)17(71-42)9-65-40-31(61)28(58)22(52)14(6-46)68-40/h11,14-42,46-48,51-63H,4-10,43H2,1-3H3,(H,44,49)(H,45,50)/t11-,14?,15-,16?,17?,18?,19?,20?,21+,22+,23+,24+,25+,26+,27?,28-,29?,30?,31?,32?,33?,34+,35+,36-,37+,38-,39+,40-,41+,42-/m0/s1. The van der Waals surface area contributed by atoms with Gasteiger partial charge in [-0.05, 0) is 6.92 Å². The molecule has 20 N–H and O–H groups in total. The fraction of sp³-hybridized carbons (Fsp3) is 0.952. The highest BCUT2D eigenvalue weighted by atomic mass is 16.8. The zero-order valence-electron chi connectivity index (χ0n) is 40.7. The predicted octanol–water partition coefficient (Wildman–Crippen LogP) is -12.8. The van der Waals surface area contributed by atoms with Gasteiger partial charge in [-0.3, -0.25) is 9.59 Å². The van der Waals surface area contributed by atoms with Gasteiger partial charge in [-0.1, -0.05) is 0 Å². The molecule has 6 heterocycles. The van der Waals surface area contributed by atoms with Crippen molar-refractivity contribution >= 4 is 11.8 Å². The number of ether oxygens (including phenoxy) is 12. The third-order valence-corrected chi connectivity index (χ3v) is 13.5. The summed E-state index contributed by atoms with van der Waals surface area (Å²) in [7, 11) is 0. The van der Waals surface area contributed by atoms with E-state index in [4.69, 9.17) is 62.6 Å². The average Bonchev–Trinajstić information content (AvgIpc) is 3.37. The summed E-state index contributed by atoms with van der Waals surface area (Å²) in [5.41, 5.74) is 5.65. The quantitative estimate of drug-likeness (QED) is 0.0538. The molecule has 6 saturated heterocycles. The van der Waals surface area contributed by atoms with Crippen LogP contribution in [0.4, 0.5) is 0 Å². The van der Waals surface area contributed by atoms with Gasteiger partial charge in [-0.15, -0.1) is 0 Å². The van der Waals surface area contributed by atoms with E-state index in [1.165, 1.54) is 6.92 Å². The van der Waals surface area contributed by atoms with Gasteiger partial charge in [0.25, 0.3) is 0 Å². The maximum absolute atomic E-state index is 12.8. The molecule has 0 spiro atoms. The number of hydrogen-bond acceptors (Lipinski definition) is 31. The monoisotopic (exact) mass is 1100 g/mol. The fourth-order valence-corrected chi connectivity index (χ4v) is 9.37. The Kier molecular flexibility index (Phi) is 22.6. The summed E-state index contributed by atoms with van der Waals surface area (Å²) < 4.78 is 69.6. The highest BCUT2D eigenvalue weighted by molar-refractivity contribution is 5.73. The summed E-state index contributed by atoms with van der Waals surface area (Å²) in [6.07, 6.45) is -50.6. The minimum absolute atomic E-state index is 0.0476. The number of amides is 2. The van der Waals surface area contributed by atoms with E-state index in [-0.39, 0.29) is 13.2 Å². The number of carbonyl (C=O) groups excluding carboxylic acids is 2. The Morgan fingerprint density at radius 2 is 0.813 bits per heavy atom. The van der Waals surface area contributed by atoms with Crippen LogP contribution in [0.25, 0.3) is 0 Å². The number of aliphatic hydroxyl groups excluding tert-OH is 16. The molecule has 0 aromatic heterocycles. The van der Waals surface area contributed by atoms with Crippen molar-refractivity contribution in [1.29, 1.82) is 0 Å². The molecule has 75 heavy (non-hydrogen) atoms. The number of nitrogens with two attached hydrogens (primary N) is 1. The van der Waals surface area contributed by atoms with Crippen molar-refractivity contribution in [3.05, 3.63) is 0 Å². The summed E-state index contributed by atoms with van der Waals surface area (Å²) in [6, 6.07) is -3.20. The molecule has 0 bridgehead atoms. The largest absolute Gasteiger partial charge is 0.394 e. The first-order valence-electron chi connectivity index (χ1n) is 24.1. The van der Waals surface area contributed by atoms with Crippen molar-refractivity contribution in [3.63, 3.8) is 0 Å². The van der Waals surface area contributed by atoms with Gasteiger partial charge < -0.3 is 155 Å². The number of aliphatic hydroxyl groups is 16. The number of nitrogens with one attached hydrogen (secondary N) is 2. The van der Waals surface area contributed by atoms with Crippen LogP contribution < -0.4 is 16.4 Å². The highest BCUT2D eigenvalue weighted by Gasteiger charge is 2.57. The molecule has 33 heteroatoms. The minimum Gasteiger partial charge on any atom is -0.394 e.